The van der Waals surface area contributed by atoms with Crippen molar-refractivity contribution < 1.29 is 24.0 Å². The molecule has 0 radical (unpaired) electrons. The van der Waals surface area contributed by atoms with Gasteiger partial charge in [0, 0.05) is 24.2 Å². The van der Waals surface area contributed by atoms with Crippen LogP contribution in [0.4, 0.5) is 5.69 Å². The van der Waals surface area contributed by atoms with Crippen LogP contribution in [0, 0.1) is 10.1 Å². The number of nitro benzene ring substituents is 1. The molecule has 2 aromatic carbocycles. The summed E-state index contributed by atoms with van der Waals surface area (Å²) in [4.78, 5) is 48.2. The van der Waals surface area contributed by atoms with Crippen LogP contribution in [0.3, 0.4) is 0 Å². The standard InChI is InChI=1S/C20H18N2O6/c1-13(14-6-4-7-16(11-14)22(26)27)28-19(24)9-10-21-18(23)12-15-5-2-3-8-17(15)20(21)25/h2-8,11,13H,9-10,12H2,1H3/t13-/m1/s1. The normalized spacial score (nSPS) is 14.4. The lowest BCUT2D eigenvalue weighted by atomic mass is 9.98. The Morgan fingerprint density at radius 3 is 2.71 bits per heavy atom. The van der Waals surface area contributed by atoms with Crippen LogP contribution in [0.2, 0.25) is 0 Å². The number of nitrogens with zero attached hydrogens (tertiary/aromatic N) is 2. The number of hydrogen-bond donors (Lipinski definition) is 0. The average Bonchev–Trinajstić information content (AvgIpc) is 2.67. The number of hydrogen-bond acceptors (Lipinski definition) is 6. The molecule has 0 bridgehead atoms. The van der Waals surface area contributed by atoms with E-state index in [0.717, 1.165) is 4.90 Å². The molecular weight excluding hydrogens is 364 g/mol. The van der Waals surface area contributed by atoms with Crippen molar-refractivity contribution in [1.29, 1.82) is 0 Å². The van der Waals surface area contributed by atoms with E-state index in [9.17, 15) is 24.5 Å². The van der Waals surface area contributed by atoms with Gasteiger partial charge in [-0.1, -0.05) is 30.3 Å². The van der Waals surface area contributed by atoms with Crippen LogP contribution in [0.1, 0.15) is 40.9 Å². The second-order valence-electron chi connectivity index (χ2n) is 6.42. The molecule has 1 heterocycles. The van der Waals surface area contributed by atoms with Gasteiger partial charge in [-0.05, 0) is 24.1 Å². The van der Waals surface area contributed by atoms with E-state index in [1.54, 1.807) is 37.3 Å². The highest BCUT2D eigenvalue weighted by Crippen LogP contribution is 2.23. The molecule has 0 saturated carbocycles. The first-order valence-corrected chi connectivity index (χ1v) is 8.73. The van der Waals surface area contributed by atoms with Crippen molar-refractivity contribution in [3.63, 3.8) is 0 Å². The summed E-state index contributed by atoms with van der Waals surface area (Å²) in [5, 5.41) is 10.9. The molecule has 1 atom stereocenters. The molecule has 0 N–H and O–H groups in total. The first-order valence-electron chi connectivity index (χ1n) is 8.73. The summed E-state index contributed by atoms with van der Waals surface area (Å²) in [6, 6.07) is 12.7. The monoisotopic (exact) mass is 382 g/mol. The van der Waals surface area contributed by atoms with Gasteiger partial charge in [-0.2, -0.15) is 0 Å². The summed E-state index contributed by atoms with van der Waals surface area (Å²) in [5.41, 5.74) is 1.53. The lowest BCUT2D eigenvalue weighted by Gasteiger charge is -2.26. The smallest absolute Gasteiger partial charge is 0.308 e. The van der Waals surface area contributed by atoms with Crippen molar-refractivity contribution in [2.24, 2.45) is 0 Å². The molecule has 8 nitrogen and oxygen atoms in total. The molecule has 0 fully saturated rings. The van der Waals surface area contributed by atoms with E-state index in [0.29, 0.717) is 16.7 Å². The molecule has 2 amide bonds. The number of rotatable bonds is 6. The Labute approximate surface area is 160 Å². The highest BCUT2D eigenvalue weighted by Gasteiger charge is 2.31. The van der Waals surface area contributed by atoms with E-state index in [2.05, 4.69) is 0 Å². The van der Waals surface area contributed by atoms with E-state index >= 15 is 0 Å². The van der Waals surface area contributed by atoms with Crippen LogP contribution >= 0.6 is 0 Å². The van der Waals surface area contributed by atoms with Crippen molar-refractivity contribution >= 4 is 23.5 Å². The minimum Gasteiger partial charge on any atom is -0.458 e. The third-order valence-electron chi connectivity index (χ3n) is 4.53. The number of benzene rings is 2. The highest BCUT2D eigenvalue weighted by atomic mass is 16.6. The summed E-state index contributed by atoms with van der Waals surface area (Å²) in [6.07, 6.45) is -0.735. The summed E-state index contributed by atoms with van der Waals surface area (Å²) >= 11 is 0. The van der Waals surface area contributed by atoms with Gasteiger partial charge >= 0.3 is 5.97 Å². The Bertz CT molecular complexity index is 955. The van der Waals surface area contributed by atoms with Crippen molar-refractivity contribution in [1.82, 2.24) is 4.90 Å². The van der Waals surface area contributed by atoms with Crippen molar-refractivity contribution in [2.75, 3.05) is 6.54 Å². The van der Waals surface area contributed by atoms with Gasteiger partial charge in [0.1, 0.15) is 6.10 Å². The zero-order chi connectivity index (χ0) is 20.3. The van der Waals surface area contributed by atoms with Gasteiger partial charge in [0.15, 0.2) is 0 Å². The van der Waals surface area contributed by atoms with E-state index in [1.807, 2.05) is 0 Å². The third kappa shape index (κ3) is 4.06. The van der Waals surface area contributed by atoms with Gasteiger partial charge in [-0.25, -0.2) is 0 Å². The minimum absolute atomic E-state index is 0.0769. The Morgan fingerprint density at radius 2 is 1.96 bits per heavy atom. The quantitative estimate of drug-likeness (QED) is 0.329. The van der Waals surface area contributed by atoms with Gasteiger partial charge in [0.2, 0.25) is 5.91 Å². The number of ether oxygens (including phenoxy) is 1. The number of non-ortho nitro benzene ring substituents is 1. The molecule has 1 aliphatic rings. The maximum atomic E-state index is 12.5. The molecule has 0 unspecified atom stereocenters. The Morgan fingerprint density at radius 1 is 1.21 bits per heavy atom. The van der Waals surface area contributed by atoms with E-state index in [-0.39, 0.29) is 31.0 Å². The molecule has 0 spiro atoms. The minimum atomic E-state index is -0.694. The number of fused-ring (bicyclic) bond motifs is 1. The summed E-state index contributed by atoms with van der Waals surface area (Å²) in [7, 11) is 0. The van der Waals surface area contributed by atoms with Gasteiger partial charge in [0.05, 0.1) is 17.8 Å². The van der Waals surface area contributed by atoms with Gasteiger partial charge in [-0.15, -0.1) is 0 Å². The predicted molar refractivity (Wildman–Crippen MR) is 98.4 cm³/mol. The first-order chi connectivity index (χ1) is 13.4. The molecule has 8 heteroatoms. The fourth-order valence-electron chi connectivity index (χ4n) is 3.04. The van der Waals surface area contributed by atoms with E-state index < -0.39 is 22.9 Å². The third-order valence-corrected chi connectivity index (χ3v) is 4.53. The summed E-state index contributed by atoms with van der Waals surface area (Å²) in [6.45, 7) is 1.52. The number of carbonyl (C=O) groups excluding carboxylic acids is 3. The SMILES string of the molecule is C[C@@H](OC(=O)CCN1C(=O)Cc2ccccc2C1=O)c1cccc([N+](=O)[O-])c1. The molecule has 2 aromatic rings. The lowest BCUT2D eigenvalue weighted by molar-refractivity contribution is -0.385. The lowest BCUT2D eigenvalue weighted by Crippen LogP contribution is -2.43. The summed E-state index contributed by atoms with van der Waals surface area (Å²) < 4.78 is 5.29. The Kier molecular flexibility index (Phi) is 5.49. The number of nitro groups is 1. The van der Waals surface area contributed by atoms with Crippen LogP contribution in [0.25, 0.3) is 0 Å². The van der Waals surface area contributed by atoms with Crippen LogP contribution in [-0.2, 0) is 20.7 Å². The molecule has 3 rings (SSSR count). The summed E-state index contributed by atoms with van der Waals surface area (Å²) in [5.74, 6) is -1.38. The fourth-order valence-corrected chi connectivity index (χ4v) is 3.04. The largest absolute Gasteiger partial charge is 0.458 e. The number of carbonyl (C=O) groups is 3. The molecule has 1 aliphatic heterocycles. The van der Waals surface area contributed by atoms with Crippen LogP contribution in [0.15, 0.2) is 48.5 Å². The molecule has 0 aromatic heterocycles. The van der Waals surface area contributed by atoms with E-state index in [4.69, 9.17) is 4.74 Å². The van der Waals surface area contributed by atoms with E-state index in [1.165, 1.54) is 18.2 Å². The van der Waals surface area contributed by atoms with Gasteiger partial charge < -0.3 is 4.74 Å². The Balaban J connectivity index is 1.60. The van der Waals surface area contributed by atoms with Crippen molar-refractivity contribution in [3.8, 4) is 0 Å². The second-order valence-corrected chi connectivity index (χ2v) is 6.42. The molecule has 0 aliphatic carbocycles. The zero-order valence-electron chi connectivity index (χ0n) is 15.2. The van der Waals surface area contributed by atoms with Crippen LogP contribution in [-0.4, -0.2) is 34.2 Å². The van der Waals surface area contributed by atoms with Gasteiger partial charge in [-0.3, -0.25) is 29.4 Å². The molecule has 144 valence electrons. The number of esters is 1. The van der Waals surface area contributed by atoms with Gasteiger partial charge in [0.25, 0.3) is 11.6 Å². The van der Waals surface area contributed by atoms with Crippen molar-refractivity contribution in [3.05, 3.63) is 75.3 Å². The maximum absolute atomic E-state index is 12.5. The highest BCUT2D eigenvalue weighted by molar-refractivity contribution is 6.09. The van der Waals surface area contributed by atoms with Crippen LogP contribution < -0.4 is 0 Å². The number of amides is 2. The maximum Gasteiger partial charge on any atom is 0.308 e. The van der Waals surface area contributed by atoms with Crippen LogP contribution in [0.5, 0.6) is 0 Å². The van der Waals surface area contributed by atoms with Crippen molar-refractivity contribution in [2.45, 2.75) is 25.9 Å². The predicted octanol–water partition coefficient (Wildman–Crippen LogP) is 2.81. The molecule has 28 heavy (non-hydrogen) atoms. The zero-order valence-corrected chi connectivity index (χ0v) is 15.2. The Hall–Kier alpha value is -3.55. The fraction of sp³-hybridized carbons (Fsp3) is 0.250. The molecule has 0 saturated heterocycles. The topological polar surface area (TPSA) is 107 Å². The second kappa shape index (κ2) is 7.99. The first kappa shape index (κ1) is 19.2. The average molecular weight is 382 g/mol. The molecular formula is C20H18N2O6. The number of imide groups is 1.